The molecule has 0 fully saturated rings. The Balaban J connectivity index is 3.15. The van der Waals surface area contributed by atoms with Crippen LogP contribution in [0.4, 0.5) is 5.69 Å². The van der Waals surface area contributed by atoms with Gasteiger partial charge in [-0.15, -0.1) is 0 Å². The molecule has 0 aliphatic carbocycles. The van der Waals surface area contributed by atoms with E-state index < -0.39 is 5.63 Å². The van der Waals surface area contributed by atoms with Gasteiger partial charge in [0.2, 0.25) is 5.75 Å². The average Bonchev–Trinajstić information content (AvgIpc) is 2.31. The first-order valence-corrected chi connectivity index (χ1v) is 5.48. The highest BCUT2D eigenvalue weighted by molar-refractivity contribution is 5.92. The predicted molar refractivity (Wildman–Crippen MR) is 69.3 cm³/mol. The Morgan fingerprint density at radius 3 is 2.74 bits per heavy atom. The number of methoxy groups -OCH3 is 1. The third-order valence-electron chi connectivity index (χ3n) is 2.08. The van der Waals surface area contributed by atoms with Gasteiger partial charge in [0.1, 0.15) is 6.61 Å². The number of Topliss-reactive ketones (excluding diaryl/α,β-unsaturated/α-hetero) is 1. The number of ether oxygens (including phenoxy) is 2. The van der Waals surface area contributed by atoms with Crippen molar-refractivity contribution in [2.75, 3.05) is 25.6 Å². The summed E-state index contributed by atoms with van der Waals surface area (Å²) in [5.41, 5.74) is 4.88. The molecule has 0 amide bonds. The lowest BCUT2D eigenvalue weighted by Gasteiger charge is -2.12. The zero-order valence-corrected chi connectivity index (χ0v) is 10.8. The fourth-order valence-corrected chi connectivity index (χ4v) is 1.29. The van der Waals surface area contributed by atoms with Crippen LogP contribution in [0.15, 0.2) is 27.7 Å². The molecule has 7 heteroatoms. The van der Waals surface area contributed by atoms with Gasteiger partial charge in [0.05, 0.1) is 18.1 Å². The molecule has 0 radical (unpaired) electrons. The van der Waals surface area contributed by atoms with Crippen molar-refractivity contribution in [2.24, 2.45) is 5.73 Å². The first-order chi connectivity index (χ1) is 8.95. The number of hydrogen-bond acceptors (Lipinski definition) is 7. The minimum absolute atomic E-state index is 0.0753. The normalized spacial score (nSPS) is 10.0. The lowest BCUT2D eigenvalue weighted by Crippen LogP contribution is -2.17. The van der Waals surface area contributed by atoms with Gasteiger partial charge in [-0.25, -0.2) is 4.79 Å². The molecule has 1 heterocycles. The van der Waals surface area contributed by atoms with Crippen LogP contribution in [0.3, 0.4) is 0 Å². The van der Waals surface area contributed by atoms with Gasteiger partial charge < -0.3 is 24.9 Å². The topological polar surface area (TPSA) is 104 Å². The third kappa shape index (κ3) is 4.14. The first kappa shape index (κ1) is 14.8. The van der Waals surface area contributed by atoms with Crippen LogP contribution in [0.1, 0.15) is 17.5 Å². The summed E-state index contributed by atoms with van der Waals surface area (Å²) in [6.07, 6.45) is 0. The monoisotopic (exact) mass is 268 g/mol. The van der Waals surface area contributed by atoms with E-state index in [9.17, 15) is 9.59 Å². The van der Waals surface area contributed by atoms with Crippen LogP contribution in [0, 0.1) is 0 Å². The molecule has 0 bridgehead atoms. The highest BCUT2D eigenvalue weighted by Crippen LogP contribution is 2.22. The van der Waals surface area contributed by atoms with E-state index in [-0.39, 0.29) is 35.4 Å². The van der Waals surface area contributed by atoms with E-state index in [1.807, 2.05) is 0 Å². The minimum Gasteiger partial charge on any atom is -0.483 e. The highest BCUT2D eigenvalue weighted by atomic mass is 16.5. The van der Waals surface area contributed by atoms with Crippen LogP contribution in [0.5, 0.6) is 5.75 Å². The lowest BCUT2D eigenvalue weighted by atomic mass is 10.2. The summed E-state index contributed by atoms with van der Waals surface area (Å²) < 4.78 is 14.9. The van der Waals surface area contributed by atoms with Gasteiger partial charge in [-0.2, -0.15) is 0 Å². The fraction of sp³-hybridized carbons (Fsp3) is 0.333. The molecule has 0 atom stereocenters. The summed E-state index contributed by atoms with van der Waals surface area (Å²) in [6, 6.07) is 1.34. The Morgan fingerprint density at radius 2 is 2.21 bits per heavy atom. The van der Waals surface area contributed by atoms with Crippen LogP contribution in [0.2, 0.25) is 0 Å². The second-order valence-electron chi connectivity index (χ2n) is 3.69. The van der Waals surface area contributed by atoms with Crippen molar-refractivity contribution in [2.45, 2.75) is 6.92 Å². The largest absolute Gasteiger partial charge is 0.483 e. The quantitative estimate of drug-likeness (QED) is 0.554. The number of hydrogen-bond donors (Lipinski definition) is 2. The van der Waals surface area contributed by atoms with E-state index in [2.05, 4.69) is 11.9 Å². The standard InChI is InChI=1S/C12H16N2O5/c1-7(15)10-6-9(14-8(2)13)11(12(16)19-10)18-5-4-17-3/h6,14H,2,4-5,13H2,1,3H3. The van der Waals surface area contributed by atoms with Crippen molar-refractivity contribution in [3.05, 3.63) is 34.6 Å². The van der Waals surface area contributed by atoms with Crippen molar-refractivity contribution in [1.29, 1.82) is 0 Å². The Bertz CT molecular complexity index is 535. The molecule has 104 valence electrons. The molecule has 0 aliphatic rings. The molecule has 1 rings (SSSR count). The van der Waals surface area contributed by atoms with Gasteiger partial charge in [-0.3, -0.25) is 4.79 Å². The molecule has 0 aromatic carbocycles. The summed E-state index contributed by atoms with van der Waals surface area (Å²) in [7, 11) is 1.51. The van der Waals surface area contributed by atoms with Crippen LogP contribution in [-0.4, -0.2) is 26.1 Å². The lowest BCUT2D eigenvalue weighted by molar-refractivity contribution is 0.0980. The number of carbonyl (C=O) groups is 1. The van der Waals surface area contributed by atoms with Gasteiger partial charge in [-0.1, -0.05) is 6.58 Å². The number of ketones is 1. The maximum atomic E-state index is 11.7. The summed E-state index contributed by atoms with van der Waals surface area (Å²) in [5.74, 6) is -0.440. The number of nitrogens with one attached hydrogen (secondary N) is 1. The van der Waals surface area contributed by atoms with Gasteiger partial charge in [0.15, 0.2) is 11.5 Å². The smallest absolute Gasteiger partial charge is 0.381 e. The Kier molecular flexibility index (Phi) is 5.13. The molecule has 0 unspecified atom stereocenters. The number of rotatable bonds is 7. The van der Waals surface area contributed by atoms with Crippen LogP contribution in [-0.2, 0) is 4.74 Å². The van der Waals surface area contributed by atoms with E-state index in [1.165, 1.54) is 20.1 Å². The summed E-state index contributed by atoms with van der Waals surface area (Å²) in [4.78, 5) is 23.0. The molecule has 0 spiro atoms. The Hall–Kier alpha value is -2.28. The van der Waals surface area contributed by atoms with E-state index in [0.29, 0.717) is 6.61 Å². The predicted octanol–water partition coefficient (Wildman–Crippen LogP) is 0.709. The number of carbonyl (C=O) groups excluding carboxylic acids is 1. The van der Waals surface area contributed by atoms with Gasteiger partial charge in [0, 0.05) is 20.1 Å². The minimum atomic E-state index is -0.771. The Labute approximate surface area is 110 Å². The zero-order valence-electron chi connectivity index (χ0n) is 10.8. The molecule has 0 saturated carbocycles. The maximum Gasteiger partial charge on any atom is 0.381 e. The molecule has 0 saturated heterocycles. The van der Waals surface area contributed by atoms with Crippen molar-refractivity contribution in [3.8, 4) is 5.75 Å². The molecule has 0 aliphatic heterocycles. The molecule has 1 aromatic rings. The molecule has 3 N–H and O–H groups in total. The molecular weight excluding hydrogens is 252 g/mol. The second-order valence-corrected chi connectivity index (χ2v) is 3.69. The van der Waals surface area contributed by atoms with Crippen molar-refractivity contribution < 1.29 is 18.7 Å². The third-order valence-corrected chi connectivity index (χ3v) is 2.08. The molecular formula is C12H16N2O5. The van der Waals surface area contributed by atoms with Gasteiger partial charge in [-0.05, 0) is 0 Å². The first-order valence-electron chi connectivity index (χ1n) is 5.48. The zero-order chi connectivity index (χ0) is 14.4. The van der Waals surface area contributed by atoms with Crippen LogP contribution < -0.4 is 21.4 Å². The molecule has 19 heavy (non-hydrogen) atoms. The van der Waals surface area contributed by atoms with E-state index in [0.717, 1.165) is 0 Å². The maximum absolute atomic E-state index is 11.7. The number of anilines is 1. The highest BCUT2D eigenvalue weighted by Gasteiger charge is 2.15. The fourth-order valence-electron chi connectivity index (χ4n) is 1.29. The van der Waals surface area contributed by atoms with Crippen molar-refractivity contribution >= 4 is 11.5 Å². The number of nitrogens with two attached hydrogens (primary N) is 1. The van der Waals surface area contributed by atoms with E-state index in [1.54, 1.807) is 0 Å². The summed E-state index contributed by atoms with van der Waals surface area (Å²) in [6.45, 7) is 5.21. The SMILES string of the molecule is C=C(N)Nc1cc(C(C)=O)oc(=O)c1OCCOC. The Morgan fingerprint density at radius 1 is 1.53 bits per heavy atom. The average molecular weight is 268 g/mol. The van der Waals surface area contributed by atoms with E-state index in [4.69, 9.17) is 19.6 Å². The van der Waals surface area contributed by atoms with Crippen molar-refractivity contribution in [3.63, 3.8) is 0 Å². The van der Waals surface area contributed by atoms with Crippen LogP contribution >= 0.6 is 0 Å². The van der Waals surface area contributed by atoms with Crippen molar-refractivity contribution in [1.82, 2.24) is 0 Å². The van der Waals surface area contributed by atoms with Gasteiger partial charge >= 0.3 is 5.63 Å². The second kappa shape index (κ2) is 6.60. The summed E-state index contributed by atoms with van der Waals surface area (Å²) >= 11 is 0. The van der Waals surface area contributed by atoms with Gasteiger partial charge in [0.25, 0.3) is 0 Å². The van der Waals surface area contributed by atoms with Crippen LogP contribution in [0.25, 0.3) is 0 Å². The summed E-state index contributed by atoms with van der Waals surface area (Å²) in [5, 5.41) is 2.64. The molecule has 7 nitrogen and oxygen atoms in total. The molecule has 1 aromatic heterocycles. The van der Waals surface area contributed by atoms with E-state index >= 15 is 0 Å².